The minimum absolute atomic E-state index is 0. The summed E-state index contributed by atoms with van der Waals surface area (Å²) >= 11 is 0. The van der Waals surface area contributed by atoms with Crippen molar-refractivity contribution < 1.29 is 4.79 Å². The molecule has 1 aromatic rings. The summed E-state index contributed by atoms with van der Waals surface area (Å²) in [4.78, 5) is 18.0. The Hall–Kier alpha value is -1.35. The normalized spacial score (nSPS) is 15.7. The van der Waals surface area contributed by atoms with Crippen molar-refractivity contribution in [1.29, 1.82) is 0 Å². The number of likely N-dealkylation sites (tertiary alicyclic amines) is 1. The molecule has 0 saturated carbocycles. The average molecular weight is 487 g/mol. The molecule has 1 aromatic carbocycles. The predicted molar refractivity (Wildman–Crippen MR) is 124 cm³/mol. The quantitative estimate of drug-likeness (QED) is 0.240. The molecule has 1 aliphatic heterocycles. The van der Waals surface area contributed by atoms with E-state index in [1.807, 2.05) is 24.3 Å². The zero-order valence-electron chi connectivity index (χ0n) is 16.8. The standard InChI is InChI=1S/C20H33N5O.HI/c1-16-8-12-25(13-9-16)11-5-10-22-20(21-3)23-15-18-6-4-7-19(14-18)24-17(2)26;/h4,6-7,14,16H,5,8-13,15H2,1-3H3,(H,24,26)(H2,21,22,23);1H. The lowest BCUT2D eigenvalue weighted by atomic mass is 9.99. The maximum absolute atomic E-state index is 11.2. The van der Waals surface area contributed by atoms with Crippen molar-refractivity contribution in [1.82, 2.24) is 15.5 Å². The molecular weight excluding hydrogens is 453 g/mol. The molecule has 3 N–H and O–H groups in total. The topological polar surface area (TPSA) is 68.8 Å². The number of aliphatic imine (C=N–C) groups is 1. The number of nitrogens with one attached hydrogen (secondary N) is 3. The van der Waals surface area contributed by atoms with Gasteiger partial charge in [0.25, 0.3) is 0 Å². The molecule has 0 aromatic heterocycles. The second kappa shape index (κ2) is 12.9. The van der Waals surface area contributed by atoms with Crippen LogP contribution in [0.1, 0.15) is 38.7 Å². The first-order valence-electron chi connectivity index (χ1n) is 9.60. The number of halogens is 1. The van der Waals surface area contributed by atoms with Crippen LogP contribution in [0.4, 0.5) is 5.69 Å². The number of amides is 1. The molecule has 27 heavy (non-hydrogen) atoms. The van der Waals surface area contributed by atoms with Crippen LogP contribution in [0.25, 0.3) is 0 Å². The highest BCUT2D eigenvalue weighted by atomic mass is 127. The average Bonchev–Trinajstić information content (AvgIpc) is 2.62. The van der Waals surface area contributed by atoms with Crippen molar-refractivity contribution in [3.05, 3.63) is 29.8 Å². The summed E-state index contributed by atoms with van der Waals surface area (Å²) < 4.78 is 0. The Morgan fingerprint density at radius 2 is 2.00 bits per heavy atom. The maximum Gasteiger partial charge on any atom is 0.221 e. The van der Waals surface area contributed by atoms with E-state index in [-0.39, 0.29) is 29.9 Å². The van der Waals surface area contributed by atoms with Gasteiger partial charge in [0.15, 0.2) is 5.96 Å². The summed E-state index contributed by atoms with van der Waals surface area (Å²) in [7, 11) is 1.79. The van der Waals surface area contributed by atoms with Crippen LogP contribution >= 0.6 is 24.0 Å². The minimum atomic E-state index is -0.0595. The Balaban J connectivity index is 0.00000364. The molecule has 1 saturated heterocycles. The van der Waals surface area contributed by atoms with E-state index in [0.29, 0.717) is 6.54 Å². The molecule has 1 fully saturated rings. The summed E-state index contributed by atoms with van der Waals surface area (Å²) in [5.41, 5.74) is 1.91. The highest BCUT2D eigenvalue weighted by molar-refractivity contribution is 14.0. The number of hydrogen-bond acceptors (Lipinski definition) is 3. The van der Waals surface area contributed by atoms with Gasteiger partial charge in [0, 0.05) is 32.7 Å². The van der Waals surface area contributed by atoms with Crippen molar-refractivity contribution in [2.24, 2.45) is 10.9 Å². The highest BCUT2D eigenvalue weighted by Gasteiger charge is 2.14. The molecule has 152 valence electrons. The van der Waals surface area contributed by atoms with E-state index in [2.05, 4.69) is 32.8 Å². The highest BCUT2D eigenvalue weighted by Crippen LogP contribution is 2.15. The zero-order chi connectivity index (χ0) is 18.8. The van der Waals surface area contributed by atoms with E-state index in [1.165, 1.54) is 32.9 Å². The van der Waals surface area contributed by atoms with Gasteiger partial charge in [-0.2, -0.15) is 0 Å². The molecule has 0 atom stereocenters. The van der Waals surface area contributed by atoms with Gasteiger partial charge in [-0.3, -0.25) is 9.79 Å². The molecule has 0 spiro atoms. The van der Waals surface area contributed by atoms with Crippen LogP contribution in [0.3, 0.4) is 0 Å². The summed E-state index contributed by atoms with van der Waals surface area (Å²) in [5.74, 6) is 1.63. The third-order valence-corrected chi connectivity index (χ3v) is 4.75. The fourth-order valence-electron chi connectivity index (χ4n) is 3.16. The molecule has 0 unspecified atom stereocenters. The van der Waals surface area contributed by atoms with Crippen molar-refractivity contribution in [3.63, 3.8) is 0 Å². The number of carbonyl (C=O) groups excluding carboxylic acids is 1. The maximum atomic E-state index is 11.2. The van der Waals surface area contributed by atoms with Crippen molar-refractivity contribution in [2.75, 3.05) is 38.5 Å². The third kappa shape index (κ3) is 9.41. The van der Waals surface area contributed by atoms with Crippen LogP contribution in [0.2, 0.25) is 0 Å². The monoisotopic (exact) mass is 487 g/mol. The lowest BCUT2D eigenvalue weighted by molar-refractivity contribution is -0.114. The summed E-state index contributed by atoms with van der Waals surface area (Å²) in [6, 6.07) is 7.83. The minimum Gasteiger partial charge on any atom is -0.356 e. The van der Waals surface area contributed by atoms with E-state index in [9.17, 15) is 4.79 Å². The number of guanidine groups is 1. The number of benzene rings is 1. The number of nitrogens with zero attached hydrogens (tertiary/aromatic N) is 2. The lowest BCUT2D eigenvalue weighted by Crippen LogP contribution is -2.39. The van der Waals surface area contributed by atoms with Crippen LogP contribution in [0.5, 0.6) is 0 Å². The molecule has 0 aliphatic carbocycles. The van der Waals surface area contributed by atoms with Gasteiger partial charge in [-0.1, -0.05) is 19.1 Å². The fourth-order valence-corrected chi connectivity index (χ4v) is 3.16. The molecule has 0 radical (unpaired) electrons. The molecule has 0 bridgehead atoms. The van der Waals surface area contributed by atoms with Crippen LogP contribution in [0, 0.1) is 5.92 Å². The van der Waals surface area contributed by atoms with Crippen LogP contribution in [0.15, 0.2) is 29.3 Å². The van der Waals surface area contributed by atoms with Crippen molar-refractivity contribution in [2.45, 2.75) is 39.7 Å². The van der Waals surface area contributed by atoms with Crippen LogP contribution in [-0.4, -0.2) is 50.0 Å². The Labute approximate surface area is 180 Å². The molecular formula is C20H34IN5O. The Morgan fingerprint density at radius 1 is 1.26 bits per heavy atom. The number of carbonyl (C=O) groups is 1. The first-order chi connectivity index (χ1) is 12.6. The van der Waals surface area contributed by atoms with Gasteiger partial charge in [-0.25, -0.2) is 0 Å². The summed E-state index contributed by atoms with van der Waals surface area (Å²) in [5, 5.41) is 9.51. The van der Waals surface area contributed by atoms with Gasteiger partial charge in [0.05, 0.1) is 0 Å². The van der Waals surface area contributed by atoms with E-state index < -0.39 is 0 Å². The fraction of sp³-hybridized carbons (Fsp3) is 0.600. The van der Waals surface area contributed by atoms with Crippen molar-refractivity contribution >= 4 is 41.5 Å². The molecule has 7 heteroatoms. The zero-order valence-corrected chi connectivity index (χ0v) is 19.1. The number of piperidine rings is 1. The van der Waals surface area contributed by atoms with Gasteiger partial charge >= 0.3 is 0 Å². The van der Waals surface area contributed by atoms with E-state index in [0.717, 1.165) is 42.6 Å². The molecule has 6 nitrogen and oxygen atoms in total. The van der Waals surface area contributed by atoms with Crippen LogP contribution < -0.4 is 16.0 Å². The summed E-state index contributed by atoms with van der Waals surface area (Å²) in [6.07, 6.45) is 3.77. The number of rotatable bonds is 7. The Kier molecular flexibility index (Phi) is 11.3. The molecule has 1 aliphatic rings. The first kappa shape index (κ1) is 23.7. The second-order valence-corrected chi connectivity index (χ2v) is 7.11. The van der Waals surface area contributed by atoms with E-state index >= 15 is 0 Å². The molecule has 1 amide bonds. The number of anilines is 1. The van der Waals surface area contributed by atoms with Gasteiger partial charge in [0.1, 0.15) is 0 Å². The van der Waals surface area contributed by atoms with Gasteiger partial charge in [-0.15, -0.1) is 24.0 Å². The summed E-state index contributed by atoms with van der Waals surface area (Å²) in [6.45, 7) is 9.06. The smallest absolute Gasteiger partial charge is 0.221 e. The van der Waals surface area contributed by atoms with E-state index in [1.54, 1.807) is 7.05 Å². The third-order valence-electron chi connectivity index (χ3n) is 4.75. The SMILES string of the molecule is CN=C(NCCCN1CCC(C)CC1)NCc1cccc(NC(C)=O)c1.I. The Bertz CT molecular complexity index is 600. The second-order valence-electron chi connectivity index (χ2n) is 7.11. The van der Waals surface area contributed by atoms with Crippen molar-refractivity contribution in [3.8, 4) is 0 Å². The molecule has 1 heterocycles. The van der Waals surface area contributed by atoms with E-state index in [4.69, 9.17) is 0 Å². The van der Waals surface area contributed by atoms with Gasteiger partial charge in [-0.05, 0) is 62.5 Å². The Morgan fingerprint density at radius 3 is 2.67 bits per heavy atom. The van der Waals surface area contributed by atoms with Crippen LogP contribution in [-0.2, 0) is 11.3 Å². The number of hydrogen-bond donors (Lipinski definition) is 3. The molecule has 2 rings (SSSR count). The van der Waals surface area contributed by atoms with Gasteiger partial charge < -0.3 is 20.9 Å². The van der Waals surface area contributed by atoms with Gasteiger partial charge in [0.2, 0.25) is 5.91 Å². The lowest BCUT2D eigenvalue weighted by Gasteiger charge is -2.30. The predicted octanol–water partition coefficient (Wildman–Crippen LogP) is 3.05. The largest absolute Gasteiger partial charge is 0.356 e. The first-order valence-corrected chi connectivity index (χ1v) is 9.60.